The molecule has 2 N–H and O–H groups in total. The van der Waals surface area contributed by atoms with Crippen LogP contribution in [-0.4, -0.2) is 35.0 Å². The monoisotopic (exact) mass is 376 g/mol. The molecule has 0 saturated heterocycles. The molecule has 6 nitrogen and oxygen atoms in total. The third kappa shape index (κ3) is 5.86. The van der Waals surface area contributed by atoms with Crippen LogP contribution in [0.2, 0.25) is 0 Å². The molecule has 2 rings (SSSR count). The predicted molar refractivity (Wildman–Crippen MR) is 101 cm³/mol. The van der Waals surface area contributed by atoms with Crippen LogP contribution in [0.15, 0.2) is 53.4 Å². The van der Waals surface area contributed by atoms with E-state index in [1.54, 1.807) is 31.4 Å². The molecular weight excluding hydrogens is 352 g/mol. The highest BCUT2D eigenvalue weighted by Crippen LogP contribution is 2.12. The summed E-state index contributed by atoms with van der Waals surface area (Å²) in [6.07, 6.45) is 1.68. The van der Waals surface area contributed by atoms with Crippen molar-refractivity contribution in [1.29, 1.82) is 0 Å². The standard InChI is InChI=1S/C19H24N2O4S/c1-20-26(23,24)18-10-5-15(6-11-18)7-12-19(22)21-14-13-16-3-8-17(25-2)9-4-16/h3-6,8-11,20H,7,12-14H2,1-2H3,(H,21,22). The fraction of sp³-hybridized carbons (Fsp3) is 0.316. The first-order valence-electron chi connectivity index (χ1n) is 8.37. The van der Waals surface area contributed by atoms with Gasteiger partial charge in [0.2, 0.25) is 15.9 Å². The van der Waals surface area contributed by atoms with E-state index in [9.17, 15) is 13.2 Å². The first kappa shape index (κ1) is 19.9. The van der Waals surface area contributed by atoms with Gasteiger partial charge in [-0.25, -0.2) is 13.1 Å². The molecule has 0 saturated carbocycles. The molecule has 140 valence electrons. The summed E-state index contributed by atoms with van der Waals surface area (Å²) >= 11 is 0. The van der Waals surface area contributed by atoms with Gasteiger partial charge in [-0.05, 0) is 55.3 Å². The van der Waals surface area contributed by atoms with E-state index < -0.39 is 10.0 Å². The SMILES string of the molecule is CNS(=O)(=O)c1ccc(CCC(=O)NCCc2ccc(OC)cc2)cc1. The number of hydrogen-bond donors (Lipinski definition) is 2. The highest BCUT2D eigenvalue weighted by molar-refractivity contribution is 7.89. The molecule has 2 aromatic carbocycles. The third-order valence-electron chi connectivity index (χ3n) is 4.04. The van der Waals surface area contributed by atoms with Gasteiger partial charge in [-0.1, -0.05) is 24.3 Å². The van der Waals surface area contributed by atoms with E-state index in [0.29, 0.717) is 19.4 Å². The Balaban J connectivity index is 1.74. The lowest BCUT2D eigenvalue weighted by atomic mass is 10.1. The smallest absolute Gasteiger partial charge is 0.240 e. The number of amides is 1. The summed E-state index contributed by atoms with van der Waals surface area (Å²) < 4.78 is 30.7. The van der Waals surface area contributed by atoms with E-state index in [-0.39, 0.29) is 10.8 Å². The van der Waals surface area contributed by atoms with Crippen LogP contribution >= 0.6 is 0 Å². The van der Waals surface area contributed by atoms with Gasteiger partial charge in [0.15, 0.2) is 0 Å². The maximum atomic E-state index is 11.9. The normalized spacial score (nSPS) is 11.2. The summed E-state index contributed by atoms with van der Waals surface area (Å²) in [4.78, 5) is 12.2. The lowest BCUT2D eigenvalue weighted by molar-refractivity contribution is -0.121. The number of carbonyl (C=O) groups is 1. The van der Waals surface area contributed by atoms with Gasteiger partial charge < -0.3 is 10.1 Å². The highest BCUT2D eigenvalue weighted by Gasteiger charge is 2.10. The Morgan fingerprint density at radius 2 is 1.54 bits per heavy atom. The van der Waals surface area contributed by atoms with Crippen LogP contribution in [-0.2, 0) is 27.7 Å². The van der Waals surface area contributed by atoms with Gasteiger partial charge in [-0.3, -0.25) is 4.79 Å². The molecular formula is C19H24N2O4S. The van der Waals surface area contributed by atoms with Crippen LogP contribution < -0.4 is 14.8 Å². The molecule has 0 fully saturated rings. The average Bonchev–Trinajstić information content (AvgIpc) is 2.67. The minimum Gasteiger partial charge on any atom is -0.497 e. The molecule has 0 heterocycles. The van der Waals surface area contributed by atoms with Gasteiger partial charge in [-0.2, -0.15) is 0 Å². The number of carbonyl (C=O) groups excluding carboxylic acids is 1. The zero-order valence-corrected chi connectivity index (χ0v) is 15.8. The molecule has 0 atom stereocenters. The Morgan fingerprint density at radius 3 is 2.12 bits per heavy atom. The molecule has 0 aliphatic rings. The molecule has 0 aliphatic heterocycles. The van der Waals surface area contributed by atoms with Crippen LogP contribution in [0.5, 0.6) is 5.75 Å². The maximum Gasteiger partial charge on any atom is 0.240 e. The molecule has 0 unspecified atom stereocenters. The minimum absolute atomic E-state index is 0.0227. The Kier molecular flexibility index (Phi) is 7.17. The maximum absolute atomic E-state index is 11.9. The van der Waals surface area contributed by atoms with Gasteiger partial charge in [0.25, 0.3) is 0 Å². The average molecular weight is 376 g/mol. The molecule has 0 radical (unpaired) electrons. The largest absolute Gasteiger partial charge is 0.497 e. The molecule has 2 aromatic rings. The first-order valence-corrected chi connectivity index (χ1v) is 9.85. The van der Waals surface area contributed by atoms with Crippen LogP contribution in [0, 0.1) is 0 Å². The quantitative estimate of drug-likeness (QED) is 0.700. The van der Waals surface area contributed by atoms with Crippen molar-refractivity contribution >= 4 is 15.9 Å². The van der Waals surface area contributed by atoms with Crippen molar-refractivity contribution in [3.05, 3.63) is 59.7 Å². The summed E-state index contributed by atoms with van der Waals surface area (Å²) in [6, 6.07) is 14.3. The van der Waals surface area contributed by atoms with Crippen LogP contribution in [0.3, 0.4) is 0 Å². The van der Waals surface area contributed by atoms with Gasteiger partial charge in [-0.15, -0.1) is 0 Å². The molecule has 0 aromatic heterocycles. The van der Waals surface area contributed by atoms with Gasteiger partial charge >= 0.3 is 0 Å². The number of benzene rings is 2. The van der Waals surface area contributed by atoms with Crippen LogP contribution in [0.25, 0.3) is 0 Å². The van der Waals surface area contributed by atoms with Crippen molar-refractivity contribution in [3.63, 3.8) is 0 Å². The lowest BCUT2D eigenvalue weighted by Crippen LogP contribution is -2.25. The Labute approximate surface area is 154 Å². The number of nitrogens with one attached hydrogen (secondary N) is 2. The van der Waals surface area contributed by atoms with E-state index >= 15 is 0 Å². The van der Waals surface area contributed by atoms with Crippen molar-refractivity contribution in [2.24, 2.45) is 0 Å². The Hall–Kier alpha value is -2.38. The number of rotatable bonds is 9. The van der Waals surface area contributed by atoms with Crippen molar-refractivity contribution in [1.82, 2.24) is 10.0 Å². The number of aryl methyl sites for hydroxylation is 1. The van der Waals surface area contributed by atoms with Gasteiger partial charge in [0.05, 0.1) is 12.0 Å². The fourth-order valence-electron chi connectivity index (χ4n) is 2.44. The Morgan fingerprint density at radius 1 is 0.962 bits per heavy atom. The zero-order chi connectivity index (χ0) is 19.0. The van der Waals surface area contributed by atoms with E-state index in [4.69, 9.17) is 4.74 Å². The predicted octanol–water partition coefficient (Wildman–Crippen LogP) is 1.89. The summed E-state index contributed by atoms with van der Waals surface area (Å²) in [5, 5.41) is 2.90. The van der Waals surface area contributed by atoms with E-state index in [0.717, 1.165) is 23.3 Å². The number of sulfonamides is 1. The third-order valence-corrected chi connectivity index (χ3v) is 5.47. The van der Waals surface area contributed by atoms with Crippen molar-refractivity contribution in [2.75, 3.05) is 20.7 Å². The van der Waals surface area contributed by atoms with Crippen LogP contribution in [0.4, 0.5) is 0 Å². The highest BCUT2D eigenvalue weighted by atomic mass is 32.2. The van der Waals surface area contributed by atoms with Crippen molar-refractivity contribution in [2.45, 2.75) is 24.2 Å². The molecule has 7 heteroatoms. The summed E-state index contributed by atoms with van der Waals surface area (Å²) in [5.74, 6) is 0.789. The first-order chi connectivity index (χ1) is 12.4. The van der Waals surface area contributed by atoms with E-state index in [1.807, 2.05) is 24.3 Å². The molecule has 0 bridgehead atoms. The molecule has 0 spiro atoms. The zero-order valence-electron chi connectivity index (χ0n) is 15.0. The molecule has 0 aliphatic carbocycles. The molecule has 1 amide bonds. The second-order valence-electron chi connectivity index (χ2n) is 5.80. The minimum atomic E-state index is -3.43. The van der Waals surface area contributed by atoms with Crippen LogP contribution in [0.1, 0.15) is 17.5 Å². The van der Waals surface area contributed by atoms with Gasteiger partial charge in [0.1, 0.15) is 5.75 Å². The second-order valence-corrected chi connectivity index (χ2v) is 7.69. The Bertz CT molecular complexity index is 816. The molecule has 26 heavy (non-hydrogen) atoms. The van der Waals surface area contributed by atoms with E-state index in [2.05, 4.69) is 10.0 Å². The van der Waals surface area contributed by atoms with Crippen molar-refractivity contribution in [3.8, 4) is 5.75 Å². The summed E-state index contributed by atoms with van der Waals surface area (Å²) in [5.41, 5.74) is 2.05. The van der Waals surface area contributed by atoms with Gasteiger partial charge in [0, 0.05) is 13.0 Å². The number of hydrogen-bond acceptors (Lipinski definition) is 4. The summed E-state index contributed by atoms with van der Waals surface area (Å²) in [6.45, 7) is 0.574. The second kappa shape index (κ2) is 9.35. The van der Waals surface area contributed by atoms with Crippen molar-refractivity contribution < 1.29 is 17.9 Å². The fourth-order valence-corrected chi connectivity index (χ4v) is 3.17. The number of ether oxygens (including phenoxy) is 1. The summed E-state index contributed by atoms with van der Waals surface area (Å²) in [7, 11) is -0.424. The van der Waals surface area contributed by atoms with E-state index in [1.165, 1.54) is 7.05 Å². The number of methoxy groups -OCH3 is 1. The topological polar surface area (TPSA) is 84.5 Å². The lowest BCUT2D eigenvalue weighted by Gasteiger charge is -2.07.